The average Bonchev–Trinajstić information content (AvgIpc) is 2.58. The second-order valence-corrected chi connectivity index (χ2v) is 2.77. The van der Waals surface area contributed by atoms with Gasteiger partial charge in [0, 0.05) is 0 Å². The van der Waals surface area contributed by atoms with E-state index < -0.39 is 29.9 Å². The predicted octanol–water partition coefficient (Wildman–Crippen LogP) is -0.736. The third-order valence-corrected chi connectivity index (χ3v) is 1.95. The van der Waals surface area contributed by atoms with Gasteiger partial charge in [-0.3, -0.25) is 9.59 Å². The Morgan fingerprint density at radius 2 is 1.86 bits per heavy atom. The van der Waals surface area contributed by atoms with E-state index in [9.17, 15) is 14.4 Å². The molecule has 0 amide bonds. The van der Waals surface area contributed by atoms with Crippen LogP contribution in [-0.4, -0.2) is 38.2 Å². The van der Waals surface area contributed by atoms with Crippen LogP contribution in [0.2, 0.25) is 0 Å². The molecular formula is C8H10O6. The highest BCUT2D eigenvalue weighted by molar-refractivity contribution is 5.91. The molecule has 0 saturated carbocycles. The summed E-state index contributed by atoms with van der Waals surface area (Å²) in [6.45, 7) is 0. The summed E-state index contributed by atoms with van der Waals surface area (Å²) >= 11 is 0. The van der Waals surface area contributed by atoms with Crippen molar-refractivity contribution in [1.82, 2.24) is 0 Å². The number of methoxy groups -OCH3 is 2. The van der Waals surface area contributed by atoms with Crippen molar-refractivity contribution in [2.75, 3.05) is 14.2 Å². The zero-order valence-electron chi connectivity index (χ0n) is 7.81. The molecule has 0 aromatic carbocycles. The largest absolute Gasteiger partial charge is 0.469 e. The summed E-state index contributed by atoms with van der Waals surface area (Å²) in [5.74, 6) is -2.88. The zero-order valence-corrected chi connectivity index (χ0v) is 7.81. The molecule has 1 fully saturated rings. The number of hydrogen-bond acceptors (Lipinski definition) is 6. The highest BCUT2D eigenvalue weighted by Gasteiger charge is 2.45. The quantitative estimate of drug-likeness (QED) is 0.433. The van der Waals surface area contributed by atoms with E-state index in [1.807, 2.05) is 0 Å². The van der Waals surface area contributed by atoms with Crippen LogP contribution in [0, 0.1) is 5.92 Å². The van der Waals surface area contributed by atoms with Gasteiger partial charge in [-0.05, 0) is 0 Å². The monoisotopic (exact) mass is 202 g/mol. The predicted molar refractivity (Wildman–Crippen MR) is 42.0 cm³/mol. The minimum Gasteiger partial charge on any atom is -0.469 e. The maximum atomic E-state index is 11.1. The van der Waals surface area contributed by atoms with Crippen LogP contribution >= 0.6 is 0 Å². The minimum absolute atomic E-state index is 0.146. The lowest BCUT2D eigenvalue weighted by molar-refractivity contribution is -0.164. The highest BCUT2D eigenvalue weighted by Crippen LogP contribution is 2.24. The van der Waals surface area contributed by atoms with Gasteiger partial charge in [-0.25, -0.2) is 4.79 Å². The summed E-state index contributed by atoms with van der Waals surface area (Å²) in [5, 5.41) is 0. The Hall–Kier alpha value is -1.59. The van der Waals surface area contributed by atoms with Gasteiger partial charge in [0.05, 0.1) is 20.6 Å². The van der Waals surface area contributed by atoms with Crippen molar-refractivity contribution in [2.45, 2.75) is 12.5 Å². The summed E-state index contributed by atoms with van der Waals surface area (Å²) in [6, 6.07) is 0. The van der Waals surface area contributed by atoms with E-state index in [1.165, 1.54) is 7.11 Å². The standard InChI is InChI=1S/C8H10O6/c1-12-7(10)4-3-5(9)14-6(4)8(11)13-2/h4,6H,3H2,1-2H3. The molecule has 78 valence electrons. The maximum absolute atomic E-state index is 11.1. The molecule has 0 spiro atoms. The Morgan fingerprint density at radius 3 is 2.36 bits per heavy atom. The zero-order chi connectivity index (χ0) is 10.7. The number of carbonyl (C=O) groups excluding carboxylic acids is 3. The number of ether oxygens (including phenoxy) is 3. The number of hydrogen-bond donors (Lipinski definition) is 0. The van der Waals surface area contributed by atoms with Crippen molar-refractivity contribution >= 4 is 17.9 Å². The van der Waals surface area contributed by atoms with Crippen LogP contribution in [-0.2, 0) is 28.6 Å². The summed E-state index contributed by atoms with van der Waals surface area (Å²) < 4.78 is 13.4. The molecule has 0 aromatic rings. The van der Waals surface area contributed by atoms with Crippen molar-refractivity contribution in [3.05, 3.63) is 0 Å². The molecular weight excluding hydrogens is 192 g/mol. The van der Waals surface area contributed by atoms with E-state index in [0.29, 0.717) is 0 Å². The van der Waals surface area contributed by atoms with Crippen LogP contribution in [0.15, 0.2) is 0 Å². The van der Waals surface area contributed by atoms with Crippen LogP contribution in [0.1, 0.15) is 6.42 Å². The number of esters is 3. The second-order valence-electron chi connectivity index (χ2n) is 2.77. The fraction of sp³-hybridized carbons (Fsp3) is 0.625. The van der Waals surface area contributed by atoms with Gasteiger partial charge < -0.3 is 14.2 Å². The van der Waals surface area contributed by atoms with Gasteiger partial charge in [0.25, 0.3) is 0 Å². The first-order valence-corrected chi connectivity index (χ1v) is 3.95. The van der Waals surface area contributed by atoms with E-state index >= 15 is 0 Å². The van der Waals surface area contributed by atoms with E-state index in [2.05, 4.69) is 14.2 Å². The SMILES string of the molecule is COC(=O)C1CC(=O)OC1C(=O)OC. The third kappa shape index (κ3) is 1.84. The lowest BCUT2D eigenvalue weighted by Crippen LogP contribution is -2.33. The molecule has 2 unspecified atom stereocenters. The van der Waals surface area contributed by atoms with E-state index in [0.717, 1.165) is 7.11 Å². The first-order chi connectivity index (χ1) is 6.60. The lowest BCUT2D eigenvalue weighted by atomic mass is 10.0. The molecule has 0 bridgehead atoms. The Kier molecular flexibility index (Phi) is 3.06. The molecule has 1 aliphatic heterocycles. The van der Waals surface area contributed by atoms with Gasteiger partial charge in [0.2, 0.25) is 6.10 Å². The van der Waals surface area contributed by atoms with Crippen molar-refractivity contribution in [1.29, 1.82) is 0 Å². The van der Waals surface area contributed by atoms with Crippen LogP contribution in [0.4, 0.5) is 0 Å². The summed E-state index contributed by atoms with van der Waals surface area (Å²) in [6.07, 6.45) is -1.31. The van der Waals surface area contributed by atoms with Gasteiger partial charge in [-0.15, -0.1) is 0 Å². The lowest BCUT2D eigenvalue weighted by Gasteiger charge is -2.12. The first-order valence-electron chi connectivity index (χ1n) is 3.95. The molecule has 1 heterocycles. The molecule has 1 aliphatic rings. The Bertz CT molecular complexity index is 245. The molecule has 0 radical (unpaired) electrons. The molecule has 0 aromatic heterocycles. The molecule has 0 N–H and O–H groups in total. The molecule has 1 saturated heterocycles. The summed E-state index contributed by atoms with van der Waals surface area (Å²) in [5.41, 5.74) is 0. The third-order valence-electron chi connectivity index (χ3n) is 1.95. The summed E-state index contributed by atoms with van der Waals surface area (Å²) in [4.78, 5) is 33.1. The van der Waals surface area contributed by atoms with E-state index in [4.69, 9.17) is 0 Å². The Balaban J connectivity index is 2.77. The fourth-order valence-corrected chi connectivity index (χ4v) is 1.25. The minimum atomic E-state index is -1.17. The molecule has 0 aliphatic carbocycles. The van der Waals surface area contributed by atoms with E-state index in [-0.39, 0.29) is 6.42 Å². The fourth-order valence-electron chi connectivity index (χ4n) is 1.25. The van der Waals surface area contributed by atoms with Crippen molar-refractivity contribution in [3.8, 4) is 0 Å². The summed E-state index contributed by atoms with van der Waals surface area (Å²) in [7, 11) is 2.34. The van der Waals surface area contributed by atoms with Gasteiger partial charge in [0.15, 0.2) is 0 Å². The number of cyclic esters (lactones) is 1. The molecule has 2 atom stereocenters. The van der Waals surface area contributed by atoms with Crippen LogP contribution in [0.5, 0.6) is 0 Å². The van der Waals surface area contributed by atoms with Gasteiger partial charge in [-0.2, -0.15) is 0 Å². The van der Waals surface area contributed by atoms with Crippen LogP contribution in [0.25, 0.3) is 0 Å². The van der Waals surface area contributed by atoms with Gasteiger partial charge >= 0.3 is 17.9 Å². The second kappa shape index (κ2) is 4.08. The Labute approximate surface area is 80.1 Å². The number of rotatable bonds is 2. The smallest absolute Gasteiger partial charge is 0.348 e. The molecule has 1 rings (SSSR count). The van der Waals surface area contributed by atoms with Gasteiger partial charge in [-0.1, -0.05) is 0 Å². The van der Waals surface area contributed by atoms with Crippen molar-refractivity contribution in [2.24, 2.45) is 5.92 Å². The van der Waals surface area contributed by atoms with Crippen molar-refractivity contribution < 1.29 is 28.6 Å². The maximum Gasteiger partial charge on any atom is 0.348 e. The normalized spacial score (nSPS) is 25.4. The molecule has 6 heteroatoms. The first kappa shape index (κ1) is 10.5. The van der Waals surface area contributed by atoms with Crippen molar-refractivity contribution in [3.63, 3.8) is 0 Å². The van der Waals surface area contributed by atoms with Crippen LogP contribution in [0.3, 0.4) is 0 Å². The topological polar surface area (TPSA) is 78.9 Å². The van der Waals surface area contributed by atoms with E-state index in [1.54, 1.807) is 0 Å². The van der Waals surface area contributed by atoms with Crippen LogP contribution < -0.4 is 0 Å². The number of carbonyl (C=O) groups is 3. The Morgan fingerprint density at radius 1 is 1.29 bits per heavy atom. The molecule has 6 nitrogen and oxygen atoms in total. The highest BCUT2D eigenvalue weighted by atomic mass is 16.6. The van der Waals surface area contributed by atoms with Gasteiger partial charge in [0.1, 0.15) is 5.92 Å². The molecule has 14 heavy (non-hydrogen) atoms. The average molecular weight is 202 g/mol.